The highest BCUT2D eigenvalue weighted by atomic mass is 19.1. The second-order valence-corrected chi connectivity index (χ2v) is 6.57. The van der Waals surface area contributed by atoms with Gasteiger partial charge in [0.25, 0.3) is 11.6 Å². The van der Waals surface area contributed by atoms with Crippen molar-refractivity contribution in [1.29, 1.82) is 0 Å². The SMILES string of the molecule is O=C(CCc1ncc(-c2ccccc2F)o1)OCc1nc(-c2ccc([N+](=O)[O-])cc2)no1. The number of hydrogen-bond acceptors (Lipinski definition) is 9. The van der Waals surface area contributed by atoms with E-state index in [1.165, 1.54) is 36.5 Å². The lowest BCUT2D eigenvalue weighted by Gasteiger charge is -2.00. The first kappa shape index (κ1) is 20.8. The molecule has 162 valence electrons. The molecule has 0 aliphatic carbocycles. The maximum atomic E-state index is 13.8. The third-order valence-electron chi connectivity index (χ3n) is 4.40. The van der Waals surface area contributed by atoms with E-state index >= 15 is 0 Å². The summed E-state index contributed by atoms with van der Waals surface area (Å²) in [4.78, 5) is 30.3. The molecule has 0 atom stereocenters. The van der Waals surface area contributed by atoms with Crippen LogP contribution in [-0.2, 0) is 22.6 Å². The van der Waals surface area contributed by atoms with Crippen LogP contribution >= 0.6 is 0 Å². The molecule has 2 aromatic carbocycles. The van der Waals surface area contributed by atoms with Crippen molar-refractivity contribution in [3.05, 3.63) is 82.4 Å². The Morgan fingerprint density at radius 2 is 1.91 bits per heavy atom. The first-order chi connectivity index (χ1) is 15.5. The molecule has 0 aliphatic rings. The zero-order valence-corrected chi connectivity index (χ0v) is 16.4. The molecular formula is C21H15FN4O6. The van der Waals surface area contributed by atoms with Gasteiger partial charge in [0.1, 0.15) is 5.82 Å². The summed E-state index contributed by atoms with van der Waals surface area (Å²) in [5, 5.41) is 14.5. The normalized spacial score (nSPS) is 10.8. The molecule has 0 radical (unpaired) electrons. The smallest absolute Gasteiger partial charge is 0.306 e. The van der Waals surface area contributed by atoms with E-state index < -0.39 is 16.7 Å². The number of aromatic nitrogens is 3. The van der Waals surface area contributed by atoms with E-state index in [0.29, 0.717) is 5.56 Å². The third-order valence-corrected chi connectivity index (χ3v) is 4.40. The highest BCUT2D eigenvalue weighted by Crippen LogP contribution is 2.24. The molecule has 0 saturated carbocycles. The van der Waals surface area contributed by atoms with Crippen LogP contribution in [0.1, 0.15) is 18.2 Å². The summed E-state index contributed by atoms with van der Waals surface area (Å²) in [5.41, 5.74) is 0.749. The largest absolute Gasteiger partial charge is 0.456 e. The summed E-state index contributed by atoms with van der Waals surface area (Å²) in [6.45, 7) is -0.231. The van der Waals surface area contributed by atoms with E-state index in [4.69, 9.17) is 13.7 Å². The Morgan fingerprint density at radius 1 is 1.12 bits per heavy atom. The van der Waals surface area contributed by atoms with Gasteiger partial charge in [-0.25, -0.2) is 9.37 Å². The number of esters is 1. The maximum Gasteiger partial charge on any atom is 0.306 e. The topological polar surface area (TPSA) is 134 Å². The number of halogens is 1. The van der Waals surface area contributed by atoms with Crippen LogP contribution in [0.2, 0.25) is 0 Å². The molecule has 0 bridgehead atoms. The van der Waals surface area contributed by atoms with Crippen molar-refractivity contribution in [2.24, 2.45) is 0 Å². The lowest BCUT2D eigenvalue weighted by molar-refractivity contribution is -0.384. The van der Waals surface area contributed by atoms with Crippen molar-refractivity contribution < 1.29 is 27.8 Å². The number of benzene rings is 2. The molecule has 32 heavy (non-hydrogen) atoms. The fourth-order valence-electron chi connectivity index (χ4n) is 2.80. The second-order valence-electron chi connectivity index (χ2n) is 6.57. The van der Waals surface area contributed by atoms with Crippen LogP contribution in [0.4, 0.5) is 10.1 Å². The minimum Gasteiger partial charge on any atom is -0.456 e. The number of carbonyl (C=O) groups is 1. The predicted octanol–water partition coefficient (Wildman–Crippen LogP) is 4.11. The quantitative estimate of drug-likeness (QED) is 0.226. The zero-order chi connectivity index (χ0) is 22.5. The number of nitro groups is 1. The Hall–Kier alpha value is -4.41. The summed E-state index contributed by atoms with van der Waals surface area (Å²) in [7, 11) is 0. The van der Waals surface area contributed by atoms with Crippen LogP contribution < -0.4 is 0 Å². The molecular weight excluding hydrogens is 423 g/mol. The Morgan fingerprint density at radius 3 is 2.66 bits per heavy atom. The average molecular weight is 438 g/mol. The molecule has 0 aliphatic heterocycles. The molecule has 10 nitrogen and oxygen atoms in total. The van der Waals surface area contributed by atoms with Gasteiger partial charge in [0.2, 0.25) is 5.82 Å². The van der Waals surface area contributed by atoms with Crippen LogP contribution in [0.15, 0.2) is 63.7 Å². The maximum absolute atomic E-state index is 13.8. The summed E-state index contributed by atoms with van der Waals surface area (Å²) >= 11 is 0. The van der Waals surface area contributed by atoms with E-state index in [0.717, 1.165) is 0 Å². The number of carbonyl (C=O) groups excluding carboxylic acids is 1. The molecule has 0 saturated heterocycles. The molecule has 0 unspecified atom stereocenters. The van der Waals surface area contributed by atoms with Gasteiger partial charge in [0.15, 0.2) is 18.3 Å². The highest BCUT2D eigenvalue weighted by molar-refractivity contribution is 5.69. The molecule has 0 amide bonds. The zero-order valence-electron chi connectivity index (χ0n) is 16.4. The van der Waals surface area contributed by atoms with Crippen LogP contribution in [0, 0.1) is 15.9 Å². The van der Waals surface area contributed by atoms with Gasteiger partial charge in [0, 0.05) is 24.1 Å². The number of rotatable bonds is 8. The predicted molar refractivity (Wildman–Crippen MR) is 106 cm³/mol. The Balaban J connectivity index is 1.28. The van der Waals surface area contributed by atoms with E-state index in [9.17, 15) is 19.3 Å². The first-order valence-electron chi connectivity index (χ1n) is 9.42. The van der Waals surface area contributed by atoms with Gasteiger partial charge in [0.05, 0.1) is 23.1 Å². The monoisotopic (exact) mass is 438 g/mol. The van der Waals surface area contributed by atoms with Gasteiger partial charge < -0.3 is 13.7 Å². The Labute approximate surface area is 179 Å². The Kier molecular flexibility index (Phi) is 5.97. The van der Waals surface area contributed by atoms with E-state index in [1.807, 2.05) is 0 Å². The minimum atomic E-state index is -0.536. The van der Waals surface area contributed by atoms with Crippen molar-refractivity contribution in [2.75, 3.05) is 0 Å². The van der Waals surface area contributed by atoms with Gasteiger partial charge in [-0.2, -0.15) is 4.98 Å². The molecule has 0 fully saturated rings. The molecule has 0 N–H and O–H groups in total. The summed E-state index contributed by atoms with van der Waals surface area (Å²) in [5.74, 6) is -0.126. The van der Waals surface area contributed by atoms with Crippen LogP contribution in [-0.4, -0.2) is 26.0 Å². The fraction of sp³-hybridized carbons (Fsp3) is 0.143. The number of hydrogen-bond donors (Lipinski definition) is 0. The molecule has 11 heteroatoms. The van der Waals surface area contributed by atoms with Crippen LogP contribution in [0.25, 0.3) is 22.7 Å². The molecule has 0 spiro atoms. The first-order valence-corrected chi connectivity index (χ1v) is 9.42. The van der Waals surface area contributed by atoms with Gasteiger partial charge in [-0.15, -0.1) is 0 Å². The van der Waals surface area contributed by atoms with Crippen LogP contribution in [0.3, 0.4) is 0 Å². The summed E-state index contributed by atoms with van der Waals surface area (Å²) < 4.78 is 29.4. The number of nitro benzene ring substituents is 1. The Bertz CT molecular complexity index is 1250. The number of aryl methyl sites for hydroxylation is 1. The molecule has 2 aromatic heterocycles. The van der Waals surface area contributed by atoms with Crippen molar-refractivity contribution in [1.82, 2.24) is 15.1 Å². The van der Waals surface area contributed by atoms with Crippen molar-refractivity contribution in [3.8, 4) is 22.7 Å². The van der Waals surface area contributed by atoms with Gasteiger partial charge >= 0.3 is 5.97 Å². The average Bonchev–Trinajstić information content (AvgIpc) is 3.46. The van der Waals surface area contributed by atoms with Gasteiger partial charge in [-0.3, -0.25) is 14.9 Å². The van der Waals surface area contributed by atoms with E-state index in [-0.39, 0.29) is 54.1 Å². The van der Waals surface area contributed by atoms with E-state index in [2.05, 4.69) is 15.1 Å². The third kappa shape index (κ3) is 4.83. The fourth-order valence-corrected chi connectivity index (χ4v) is 2.80. The highest BCUT2D eigenvalue weighted by Gasteiger charge is 2.15. The van der Waals surface area contributed by atoms with Gasteiger partial charge in [-0.05, 0) is 24.3 Å². The summed E-state index contributed by atoms with van der Waals surface area (Å²) in [6, 6.07) is 11.8. The van der Waals surface area contributed by atoms with E-state index in [1.54, 1.807) is 18.2 Å². The molecule has 2 heterocycles. The van der Waals surface area contributed by atoms with Crippen molar-refractivity contribution in [2.45, 2.75) is 19.4 Å². The number of oxazole rings is 1. The van der Waals surface area contributed by atoms with Crippen LogP contribution in [0.5, 0.6) is 0 Å². The summed E-state index contributed by atoms with van der Waals surface area (Å²) in [6.07, 6.45) is 1.56. The molecule has 4 aromatic rings. The lowest BCUT2D eigenvalue weighted by atomic mass is 10.2. The van der Waals surface area contributed by atoms with Gasteiger partial charge in [-0.1, -0.05) is 17.3 Å². The van der Waals surface area contributed by atoms with Crippen molar-refractivity contribution >= 4 is 11.7 Å². The van der Waals surface area contributed by atoms with Crippen molar-refractivity contribution in [3.63, 3.8) is 0 Å². The molecule has 4 rings (SSSR count). The standard InChI is InChI=1S/C21H15FN4O6/c22-16-4-2-1-3-15(16)17-11-23-18(31-17)9-10-20(27)30-12-19-24-21(25-32-19)13-5-7-14(8-6-13)26(28)29/h1-8,11H,9-10,12H2. The minimum absolute atomic E-state index is 0.0133. The number of nitrogens with zero attached hydrogens (tertiary/aromatic N) is 4. The second kappa shape index (κ2) is 9.16. The lowest BCUT2D eigenvalue weighted by Crippen LogP contribution is -2.06. The number of ether oxygens (including phenoxy) is 1. The number of non-ortho nitro benzene ring substituents is 1.